The Balaban J connectivity index is 1.33. The predicted molar refractivity (Wildman–Crippen MR) is 153 cm³/mol. The van der Waals surface area contributed by atoms with Gasteiger partial charge in [0.15, 0.2) is 5.89 Å². The minimum atomic E-state index is -4.86. The van der Waals surface area contributed by atoms with E-state index >= 15 is 0 Å². The van der Waals surface area contributed by atoms with Crippen LogP contribution < -0.4 is 20.5 Å². The highest BCUT2D eigenvalue weighted by Gasteiger charge is 2.47. The number of aromatic nitrogens is 2. The molecule has 0 saturated heterocycles. The van der Waals surface area contributed by atoms with E-state index < -0.39 is 47.4 Å². The summed E-state index contributed by atoms with van der Waals surface area (Å²) in [6.45, 7) is 2.08. The number of nitrogens with one attached hydrogen (secondary N) is 1. The molecule has 9 nitrogen and oxygen atoms in total. The number of halogens is 4. The number of fused-ring (bicyclic) bond motifs is 1. The van der Waals surface area contributed by atoms with E-state index in [1.165, 1.54) is 37.5 Å². The third-order valence-corrected chi connectivity index (χ3v) is 7.93. The number of hydrogen-bond acceptors (Lipinski definition) is 7. The normalized spacial score (nSPS) is 18.2. The number of alkyl halides is 3. The molecule has 1 saturated carbocycles. The van der Waals surface area contributed by atoms with Crippen LogP contribution in [0.2, 0.25) is 0 Å². The van der Waals surface area contributed by atoms with Crippen molar-refractivity contribution in [1.29, 1.82) is 0 Å². The van der Waals surface area contributed by atoms with Crippen molar-refractivity contribution < 1.29 is 41.0 Å². The summed E-state index contributed by atoms with van der Waals surface area (Å²) in [5.41, 5.74) is 5.29. The summed E-state index contributed by atoms with van der Waals surface area (Å²) in [5.74, 6) is -3.51. The Morgan fingerprint density at radius 3 is 2.49 bits per heavy atom. The average molecular weight is 625 g/mol. The molecule has 4 aromatic rings. The lowest BCUT2D eigenvalue weighted by atomic mass is 9.82. The lowest BCUT2D eigenvalue weighted by molar-refractivity contribution is -0.149. The highest BCUT2D eigenvalue weighted by atomic mass is 19.4. The van der Waals surface area contributed by atoms with Crippen LogP contribution in [0.15, 0.2) is 59.2 Å². The molecule has 13 heteroatoms. The molecule has 2 atom stereocenters. The van der Waals surface area contributed by atoms with Gasteiger partial charge in [0.05, 0.1) is 11.8 Å². The number of carbonyl (C=O) groups excluding carboxylic acids is 2. The van der Waals surface area contributed by atoms with Crippen LogP contribution in [-0.4, -0.2) is 47.2 Å². The molecule has 2 aromatic heterocycles. The second-order valence-corrected chi connectivity index (χ2v) is 11.3. The minimum Gasteiger partial charge on any atom is -0.490 e. The van der Waals surface area contributed by atoms with Crippen molar-refractivity contribution in [2.24, 2.45) is 5.73 Å². The summed E-state index contributed by atoms with van der Waals surface area (Å²) in [6.07, 6.45) is -1.74. The summed E-state index contributed by atoms with van der Waals surface area (Å²) in [4.78, 5) is 34.2. The van der Waals surface area contributed by atoms with Crippen LogP contribution >= 0.6 is 0 Å². The number of hydrogen-bond donors (Lipinski definition) is 2. The van der Waals surface area contributed by atoms with Gasteiger partial charge in [0, 0.05) is 35.7 Å². The zero-order valence-electron chi connectivity index (χ0n) is 24.2. The van der Waals surface area contributed by atoms with E-state index in [1.54, 1.807) is 13.0 Å². The summed E-state index contributed by atoms with van der Waals surface area (Å²) in [6, 6.07) is 10.6. The van der Waals surface area contributed by atoms with E-state index in [0.717, 1.165) is 31.0 Å². The second kappa shape index (κ2) is 11.2. The van der Waals surface area contributed by atoms with E-state index in [0.29, 0.717) is 22.9 Å². The zero-order valence-corrected chi connectivity index (χ0v) is 24.2. The fraction of sp³-hybridized carbons (Fsp3) is 0.312. The largest absolute Gasteiger partial charge is 0.490 e. The van der Waals surface area contributed by atoms with Gasteiger partial charge < -0.3 is 24.9 Å². The van der Waals surface area contributed by atoms with Crippen molar-refractivity contribution in [3.05, 3.63) is 83.3 Å². The Kier molecular flexibility index (Phi) is 7.50. The average Bonchev–Trinajstić information content (AvgIpc) is 3.59. The van der Waals surface area contributed by atoms with Gasteiger partial charge in [-0.15, -0.1) is 0 Å². The summed E-state index contributed by atoms with van der Waals surface area (Å²) in [7, 11) is 0. The molecule has 1 aliphatic carbocycles. The lowest BCUT2D eigenvalue weighted by Gasteiger charge is -2.24. The maximum Gasteiger partial charge on any atom is 0.398 e. The second-order valence-electron chi connectivity index (χ2n) is 11.3. The molecule has 6 rings (SSSR count). The van der Waals surface area contributed by atoms with Crippen molar-refractivity contribution in [2.45, 2.75) is 50.3 Å². The number of amides is 2. The van der Waals surface area contributed by atoms with Crippen LogP contribution in [0.5, 0.6) is 11.5 Å². The maximum atomic E-state index is 14.6. The molecular weight excluding hydrogens is 596 g/mol. The van der Waals surface area contributed by atoms with E-state index in [-0.39, 0.29) is 40.8 Å². The first-order chi connectivity index (χ1) is 21.3. The Hall–Kier alpha value is -4.94. The fourth-order valence-corrected chi connectivity index (χ4v) is 5.10. The van der Waals surface area contributed by atoms with Crippen molar-refractivity contribution in [2.75, 3.05) is 13.2 Å². The van der Waals surface area contributed by atoms with E-state index in [9.17, 15) is 27.2 Å². The number of ether oxygens (including phenoxy) is 2. The SMILES string of the molecule is Cc1nc(-c2ccc(C(=O)NCC(c3cc4c(c(-c5ccc(F)cc5)n3)OC[C@]4(C)C(N)=O)C(F)(F)F)cc2OC2CC2)co1. The first-order valence-corrected chi connectivity index (χ1v) is 14.2. The van der Waals surface area contributed by atoms with Crippen LogP contribution in [0.25, 0.3) is 22.5 Å². The Labute approximate surface area is 254 Å². The van der Waals surface area contributed by atoms with Crippen molar-refractivity contribution in [3.63, 3.8) is 0 Å². The number of aryl methyl sites for hydroxylation is 1. The van der Waals surface area contributed by atoms with Gasteiger partial charge in [-0.2, -0.15) is 13.2 Å². The Morgan fingerprint density at radius 1 is 1.13 bits per heavy atom. The van der Waals surface area contributed by atoms with Crippen molar-refractivity contribution in [3.8, 4) is 34.0 Å². The third-order valence-electron chi connectivity index (χ3n) is 7.93. The number of pyridine rings is 1. The zero-order chi connectivity index (χ0) is 32.1. The molecule has 1 unspecified atom stereocenters. The third kappa shape index (κ3) is 5.94. The van der Waals surface area contributed by atoms with Gasteiger partial charge in [0.25, 0.3) is 5.91 Å². The summed E-state index contributed by atoms with van der Waals surface area (Å²) < 4.78 is 74.5. The minimum absolute atomic E-state index is 0.00593. The van der Waals surface area contributed by atoms with Gasteiger partial charge in [-0.3, -0.25) is 9.59 Å². The molecule has 45 heavy (non-hydrogen) atoms. The van der Waals surface area contributed by atoms with Crippen molar-refractivity contribution in [1.82, 2.24) is 15.3 Å². The van der Waals surface area contributed by atoms with E-state index in [2.05, 4.69) is 15.3 Å². The maximum absolute atomic E-state index is 14.6. The standard InChI is InChI=1S/C32H28F4N4O5/c1-16-39-25(14-43-16)21-10-5-18(11-26(21)45-20-8-9-20)29(41)38-13-23(32(34,35)36)24-12-22-28(44-15-31(22,2)30(37)42)27(40-24)17-3-6-19(33)7-4-17/h3-7,10-12,14,20,23H,8-9,13,15H2,1-2H3,(H2,37,42)(H,38,41)/t23?,31-/m0/s1. The van der Waals surface area contributed by atoms with Gasteiger partial charge in [0.2, 0.25) is 5.91 Å². The van der Waals surface area contributed by atoms with Crippen LogP contribution in [-0.2, 0) is 10.2 Å². The molecule has 2 amide bonds. The number of oxazole rings is 1. The van der Waals surface area contributed by atoms with Crippen molar-refractivity contribution >= 4 is 11.8 Å². The van der Waals surface area contributed by atoms with Gasteiger partial charge >= 0.3 is 6.18 Å². The van der Waals surface area contributed by atoms with Gasteiger partial charge in [-0.05, 0) is 68.3 Å². The van der Waals surface area contributed by atoms with Crippen LogP contribution in [0.1, 0.15) is 53.2 Å². The highest BCUT2D eigenvalue weighted by Crippen LogP contribution is 2.46. The number of primary amides is 1. The number of nitrogens with two attached hydrogens (primary N) is 1. The molecule has 2 aliphatic rings. The van der Waals surface area contributed by atoms with E-state index in [1.807, 2.05) is 0 Å². The molecule has 0 radical (unpaired) electrons. The molecule has 3 N–H and O–H groups in total. The lowest BCUT2D eigenvalue weighted by Crippen LogP contribution is -2.40. The highest BCUT2D eigenvalue weighted by molar-refractivity contribution is 5.95. The van der Waals surface area contributed by atoms with Crippen LogP contribution in [0, 0.1) is 12.7 Å². The first kappa shape index (κ1) is 30.1. The predicted octanol–water partition coefficient (Wildman–Crippen LogP) is 5.60. The van der Waals surface area contributed by atoms with Crippen LogP contribution in [0.4, 0.5) is 17.6 Å². The number of carbonyl (C=O) groups is 2. The molecule has 0 spiro atoms. The molecule has 3 heterocycles. The molecule has 1 fully saturated rings. The molecular formula is C32H28F4N4O5. The number of nitrogens with zero attached hydrogens (tertiary/aromatic N) is 2. The summed E-state index contributed by atoms with van der Waals surface area (Å²) in [5, 5.41) is 2.38. The van der Waals surface area contributed by atoms with Gasteiger partial charge in [-0.1, -0.05) is 0 Å². The first-order valence-electron chi connectivity index (χ1n) is 14.2. The molecule has 234 valence electrons. The van der Waals surface area contributed by atoms with E-state index in [4.69, 9.17) is 19.6 Å². The topological polar surface area (TPSA) is 130 Å². The van der Waals surface area contributed by atoms with Crippen LogP contribution in [0.3, 0.4) is 0 Å². The fourth-order valence-electron chi connectivity index (χ4n) is 5.10. The Morgan fingerprint density at radius 2 is 1.87 bits per heavy atom. The monoisotopic (exact) mass is 624 g/mol. The van der Waals surface area contributed by atoms with Gasteiger partial charge in [0.1, 0.15) is 52.9 Å². The summed E-state index contributed by atoms with van der Waals surface area (Å²) >= 11 is 0. The quantitative estimate of drug-likeness (QED) is 0.232. The Bertz CT molecular complexity index is 1790. The van der Waals surface area contributed by atoms with Gasteiger partial charge in [-0.25, -0.2) is 14.4 Å². The molecule has 0 bridgehead atoms. The smallest absolute Gasteiger partial charge is 0.398 e. The number of rotatable bonds is 9. The molecule has 1 aliphatic heterocycles. The molecule has 2 aromatic carbocycles. The number of benzene rings is 2.